The van der Waals surface area contributed by atoms with Gasteiger partial charge in [0.15, 0.2) is 0 Å². The molecule has 0 saturated heterocycles. The van der Waals surface area contributed by atoms with E-state index >= 15 is 0 Å². The minimum Gasteiger partial charge on any atom is -0.365 e. The first-order valence-corrected chi connectivity index (χ1v) is 9.10. The largest absolute Gasteiger partial charge is 0.365 e. The maximum atomic E-state index is 4.69. The molecule has 0 atom stereocenters. The van der Waals surface area contributed by atoms with E-state index in [0.29, 0.717) is 5.78 Å². The monoisotopic (exact) mass is 351 g/mol. The molecule has 0 unspecified atom stereocenters. The third-order valence-corrected chi connectivity index (χ3v) is 5.82. The van der Waals surface area contributed by atoms with Gasteiger partial charge in [-0.25, -0.2) is 0 Å². The molecule has 7 nitrogen and oxygen atoms in total. The first-order chi connectivity index (χ1) is 12.3. The van der Waals surface area contributed by atoms with Gasteiger partial charge in [0.05, 0.1) is 5.39 Å². The van der Waals surface area contributed by atoms with Gasteiger partial charge in [0, 0.05) is 24.5 Å². The Labute approximate surface area is 148 Å². The smallest absolute Gasteiger partial charge is 0.276 e. The SMILES string of the molecule is CN1CCc2c(sc3c2c(NCc2ccccc2)nc2nnnn23)C1. The van der Waals surface area contributed by atoms with Crippen LogP contribution >= 0.6 is 11.3 Å². The van der Waals surface area contributed by atoms with E-state index in [1.165, 1.54) is 21.4 Å². The van der Waals surface area contributed by atoms with Crippen LogP contribution < -0.4 is 5.32 Å². The molecule has 0 bridgehead atoms. The molecular weight excluding hydrogens is 334 g/mol. The number of nitrogens with zero attached hydrogens (tertiary/aromatic N) is 6. The zero-order valence-corrected chi connectivity index (χ0v) is 14.6. The van der Waals surface area contributed by atoms with Gasteiger partial charge < -0.3 is 10.2 Å². The van der Waals surface area contributed by atoms with Crippen molar-refractivity contribution in [2.75, 3.05) is 18.9 Å². The molecule has 8 heteroatoms. The van der Waals surface area contributed by atoms with Crippen LogP contribution in [-0.2, 0) is 19.5 Å². The van der Waals surface area contributed by atoms with Gasteiger partial charge in [-0.05, 0) is 35.0 Å². The van der Waals surface area contributed by atoms with E-state index in [2.05, 4.69) is 49.9 Å². The Hall–Kier alpha value is -2.58. The van der Waals surface area contributed by atoms with E-state index in [0.717, 1.165) is 36.7 Å². The Bertz CT molecular complexity index is 1050. The fraction of sp³-hybridized carbons (Fsp3) is 0.294. The lowest BCUT2D eigenvalue weighted by atomic mass is 10.1. The highest BCUT2D eigenvalue weighted by Crippen LogP contribution is 2.38. The molecule has 0 aliphatic carbocycles. The Morgan fingerprint density at radius 1 is 1.24 bits per heavy atom. The van der Waals surface area contributed by atoms with Gasteiger partial charge in [0.2, 0.25) is 0 Å². The van der Waals surface area contributed by atoms with Crippen molar-refractivity contribution in [3.63, 3.8) is 0 Å². The molecule has 1 aliphatic heterocycles. The lowest BCUT2D eigenvalue weighted by Crippen LogP contribution is -2.25. The molecule has 4 heterocycles. The first-order valence-electron chi connectivity index (χ1n) is 8.28. The van der Waals surface area contributed by atoms with E-state index in [9.17, 15) is 0 Å². The number of benzene rings is 1. The Balaban J connectivity index is 1.65. The number of anilines is 1. The zero-order valence-electron chi connectivity index (χ0n) is 13.8. The van der Waals surface area contributed by atoms with Crippen molar-refractivity contribution in [1.29, 1.82) is 0 Å². The Kier molecular flexibility index (Phi) is 3.39. The molecule has 25 heavy (non-hydrogen) atoms. The second kappa shape index (κ2) is 5.75. The number of rotatable bonds is 3. The van der Waals surface area contributed by atoms with Crippen LogP contribution in [-0.4, -0.2) is 43.5 Å². The molecule has 1 aliphatic rings. The number of tetrazole rings is 1. The van der Waals surface area contributed by atoms with Gasteiger partial charge in [-0.2, -0.15) is 9.50 Å². The zero-order chi connectivity index (χ0) is 16.8. The molecule has 0 fully saturated rings. The van der Waals surface area contributed by atoms with Gasteiger partial charge in [0.25, 0.3) is 5.78 Å². The van der Waals surface area contributed by atoms with E-state index < -0.39 is 0 Å². The van der Waals surface area contributed by atoms with E-state index in [4.69, 9.17) is 0 Å². The maximum Gasteiger partial charge on any atom is 0.276 e. The summed E-state index contributed by atoms with van der Waals surface area (Å²) in [5.41, 5.74) is 2.61. The molecule has 0 spiro atoms. The standard InChI is InChI=1S/C17H17N7S/c1-23-8-7-12-13(10-23)25-16-14(12)15(19-17-20-21-22-24(16)17)18-9-11-5-3-2-4-6-11/h2-6H,7-10H2,1H3,(H,18,19,20,22). The van der Waals surface area contributed by atoms with Gasteiger partial charge >= 0.3 is 0 Å². The second-order valence-corrected chi connectivity index (χ2v) is 7.45. The van der Waals surface area contributed by atoms with Crippen LogP contribution in [0.2, 0.25) is 0 Å². The minimum atomic E-state index is 0.537. The van der Waals surface area contributed by atoms with Crippen LogP contribution in [0.3, 0.4) is 0 Å². The molecule has 1 aromatic carbocycles. The first kappa shape index (κ1) is 14.7. The predicted octanol–water partition coefficient (Wildman–Crippen LogP) is 2.33. The van der Waals surface area contributed by atoms with Crippen LogP contribution in [0, 0.1) is 0 Å². The summed E-state index contributed by atoms with van der Waals surface area (Å²) in [6, 6.07) is 10.3. The van der Waals surface area contributed by atoms with Gasteiger partial charge in [0.1, 0.15) is 10.6 Å². The summed E-state index contributed by atoms with van der Waals surface area (Å²) in [7, 11) is 2.16. The van der Waals surface area contributed by atoms with Crippen LogP contribution in [0.1, 0.15) is 16.0 Å². The van der Waals surface area contributed by atoms with E-state index in [1.54, 1.807) is 15.9 Å². The highest BCUT2D eigenvalue weighted by atomic mass is 32.1. The van der Waals surface area contributed by atoms with Gasteiger partial charge in [-0.15, -0.1) is 11.3 Å². The normalized spacial score (nSPS) is 14.9. The summed E-state index contributed by atoms with van der Waals surface area (Å²) in [6.07, 6.45) is 1.03. The molecule has 0 amide bonds. The average Bonchev–Trinajstić information content (AvgIpc) is 3.24. The minimum absolute atomic E-state index is 0.537. The van der Waals surface area contributed by atoms with Crippen molar-refractivity contribution in [2.24, 2.45) is 0 Å². The van der Waals surface area contributed by atoms with Crippen LogP contribution in [0.5, 0.6) is 0 Å². The van der Waals surface area contributed by atoms with Gasteiger partial charge in [-0.1, -0.05) is 35.4 Å². The maximum absolute atomic E-state index is 4.69. The van der Waals surface area contributed by atoms with Crippen LogP contribution in [0.4, 0.5) is 5.82 Å². The number of likely N-dealkylation sites (N-methyl/N-ethyl adjacent to an activating group) is 1. The summed E-state index contributed by atoms with van der Waals surface area (Å²) >= 11 is 1.77. The molecule has 1 N–H and O–H groups in total. The van der Waals surface area contributed by atoms with Crippen molar-refractivity contribution < 1.29 is 0 Å². The lowest BCUT2D eigenvalue weighted by molar-refractivity contribution is 0.318. The fourth-order valence-electron chi connectivity index (χ4n) is 3.36. The van der Waals surface area contributed by atoms with Crippen LogP contribution in [0.15, 0.2) is 30.3 Å². The lowest BCUT2D eigenvalue weighted by Gasteiger charge is -2.22. The number of fused-ring (bicyclic) bond motifs is 5. The average molecular weight is 351 g/mol. The van der Waals surface area contributed by atoms with Crippen molar-refractivity contribution >= 4 is 33.1 Å². The molecule has 126 valence electrons. The van der Waals surface area contributed by atoms with Crippen molar-refractivity contribution in [1.82, 2.24) is 29.9 Å². The topological polar surface area (TPSA) is 71.2 Å². The molecule has 0 saturated carbocycles. The summed E-state index contributed by atoms with van der Waals surface area (Å²) in [5, 5.41) is 16.7. The Morgan fingerprint density at radius 2 is 2.12 bits per heavy atom. The highest BCUT2D eigenvalue weighted by Gasteiger charge is 2.24. The van der Waals surface area contributed by atoms with Crippen molar-refractivity contribution in [2.45, 2.75) is 19.5 Å². The van der Waals surface area contributed by atoms with Gasteiger partial charge in [-0.3, -0.25) is 0 Å². The molecule has 5 rings (SSSR count). The third kappa shape index (κ3) is 2.45. The quantitative estimate of drug-likeness (QED) is 0.611. The summed E-state index contributed by atoms with van der Waals surface area (Å²) in [5.74, 6) is 1.42. The summed E-state index contributed by atoms with van der Waals surface area (Å²) in [6.45, 7) is 2.76. The van der Waals surface area contributed by atoms with Crippen molar-refractivity contribution in [3.8, 4) is 0 Å². The fourth-order valence-corrected chi connectivity index (χ4v) is 4.73. The van der Waals surface area contributed by atoms with E-state index in [-0.39, 0.29) is 0 Å². The van der Waals surface area contributed by atoms with Crippen LogP contribution in [0.25, 0.3) is 16.0 Å². The molecule has 4 aromatic rings. The summed E-state index contributed by atoms with van der Waals surface area (Å²) < 4.78 is 1.76. The second-order valence-electron chi connectivity index (χ2n) is 6.36. The van der Waals surface area contributed by atoms with Crippen molar-refractivity contribution in [3.05, 3.63) is 46.3 Å². The number of nitrogens with one attached hydrogen (secondary N) is 1. The summed E-state index contributed by atoms with van der Waals surface area (Å²) in [4.78, 5) is 9.49. The highest BCUT2D eigenvalue weighted by molar-refractivity contribution is 7.19. The number of thiophene rings is 1. The predicted molar refractivity (Wildman–Crippen MR) is 97.8 cm³/mol. The number of hydrogen-bond donors (Lipinski definition) is 1. The molecule has 0 radical (unpaired) electrons. The van der Waals surface area contributed by atoms with E-state index in [1.807, 2.05) is 18.2 Å². The number of hydrogen-bond acceptors (Lipinski definition) is 7. The number of aromatic nitrogens is 5. The third-order valence-electron chi connectivity index (χ3n) is 4.63. The molecule has 3 aromatic heterocycles. The molecular formula is C17H17N7S. The Morgan fingerprint density at radius 3 is 3.00 bits per heavy atom.